The van der Waals surface area contributed by atoms with Crippen LogP contribution in [0, 0.1) is 6.92 Å². The van der Waals surface area contributed by atoms with Gasteiger partial charge < -0.3 is 4.98 Å². The highest BCUT2D eigenvalue weighted by molar-refractivity contribution is 7.14. The SMILES string of the molecule is Cc1[nH]c2ccccc2c1C(=O)c1cc2c(s1)CCC2. The zero-order valence-corrected chi connectivity index (χ0v) is 12.1. The Morgan fingerprint density at radius 1 is 1.25 bits per heavy atom. The summed E-state index contributed by atoms with van der Waals surface area (Å²) in [6, 6.07) is 10.1. The summed E-state index contributed by atoms with van der Waals surface area (Å²) < 4.78 is 0. The molecule has 2 nitrogen and oxygen atoms in total. The Hall–Kier alpha value is -1.87. The number of H-pyrrole nitrogens is 1. The number of benzene rings is 1. The highest BCUT2D eigenvalue weighted by Gasteiger charge is 2.22. The zero-order chi connectivity index (χ0) is 13.7. The average Bonchev–Trinajstić information content (AvgIpc) is 3.08. The third-order valence-corrected chi connectivity index (χ3v) is 5.33. The number of hydrogen-bond acceptors (Lipinski definition) is 2. The van der Waals surface area contributed by atoms with E-state index in [9.17, 15) is 4.79 Å². The third-order valence-electron chi connectivity index (χ3n) is 4.09. The number of ketones is 1. The molecule has 3 aromatic rings. The van der Waals surface area contributed by atoms with Crippen LogP contribution >= 0.6 is 11.3 Å². The van der Waals surface area contributed by atoms with Gasteiger partial charge in [-0.05, 0) is 43.9 Å². The van der Waals surface area contributed by atoms with E-state index in [4.69, 9.17) is 0 Å². The molecule has 100 valence electrons. The summed E-state index contributed by atoms with van der Waals surface area (Å²) in [7, 11) is 0. The van der Waals surface area contributed by atoms with Crippen molar-refractivity contribution in [2.45, 2.75) is 26.2 Å². The molecule has 2 heterocycles. The van der Waals surface area contributed by atoms with Gasteiger partial charge in [-0.2, -0.15) is 0 Å². The first-order valence-electron chi connectivity index (χ1n) is 6.97. The zero-order valence-electron chi connectivity index (χ0n) is 11.3. The molecule has 0 atom stereocenters. The number of hydrogen-bond donors (Lipinski definition) is 1. The van der Waals surface area contributed by atoms with Crippen LogP contribution in [0.4, 0.5) is 0 Å². The Bertz CT molecular complexity index is 803. The number of carbonyl (C=O) groups is 1. The number of aromatic nitrogens is 1. The van der Waals surface area contributed by atoms with Gasteiger partial charge in [-0.15, -0.1) is 11.3 Å². The van der Waals surface area contributed by atoms with Crippen molar-refractivity contribution in [3.63, 3.8) is 0 Å². The molecule has 0 bridgehead atoms. The summed E-state index contributed by atoms with van der Waals surface area (Å²) in [5.41, 5.74) is 4.22. The molecular formula is C17H15NOS. The summed E-state index contributed by atoms with van der Waals surface area (Å²) in [6.45, 7) is 1.98. The van der Waals surface area contributed by atoms with E-state index in [1.807, 2.05) is 31.2 Å². The maximum absolute atomic E-state index is 12.8. The number of aromatic amines is 1. The standard InChI is InChI=1S/C17H15NOS/c1-10-16(12-6-2-3-7-13(12)18-10)17(19)15-9-11-5-4-8-14(11)20-15/h2-3,6-7,9,18H,4-5,8H2,1H3. The number of nitrogens with one attached hydrogen (secondary N) is 1. The first-order chi connectivity index (χ1) is 9.74. The summed E-state index contributed by atoms with van der Waals surface area (Å²) in [4.78, 5) is 18.4. The van der Waals surface area contributed by atoms with Gasteiger partial charge in [-0.25, -0.2) is 0 Å². The lowest BCUT2D eigenvalue weighted by Gasteiger charge is -1.98. The molecule has 1 aliphatic carbocycles. The second-order valence-corrected chi connectivity index (χ2v) is 6.55. The molecule has 0 saturated heterocycles. The van der Waals surface area contributed by atoms with Gasteiger partial charge in [0, 0.05) is 21.5 Å². The van der Waals surface area contributed by atoms with Crippen molar-refractivity contribution >= 4 is 28.0 Å². The van der Waals surface area contributed by atoms with Crippen molar-refractivity contribution in [3.8, 4) is 0 Å². The van der Waals surface area contributed by atoms with E-state index in [2.05, 4.69) is 11.1 Å². The molecule has 0 unspecified atom stereocenters. The van der Waals surface area contributed by atoms with Gasteiger partial charge in [0.2, 0.25) is 5.78 Å². The fraction of sp³-hybridized carbons (Fsp3) is 0.235. The Morgan fingerprint density at radius 3 is 2.95 bits per heavy atom. The fourth-order valence-electron chi connectivity index (χ4n) is 3.13. The fourth-order valence-corrected chi connectivity index (χ4v) is 4.33. The Morgan fingerprint density at radius 2 is 2.10 bits per heavy atom. The lowest BCUT2D eigenvalue weighted by Crippen LogP contribution is -2.00. The maximum atomic E-state index is 12.8. The Balaban J connectivity index is 1.85. The molecule has 0 fully saturated rings. The lowest BCUT2D eigenvalue weighted by molar-refractivity contribution is 0.104. The number of rotatable bonds is 2. The molecule has 4 rings (SSSR count). The number of para-hydroxylation sites is 1. The van der Waals surface area contributed by atoms with Crippen LogP contribution in [-0.4, -0.2) is 10.8 Å². The van der Waals surface area contributed by atoms with Crippen LogP contribution in [0.15, 0.2) is 30.3 Å². The van der Waals surface area contributed by atoms with E-state index < -0.39 is 0 Å². The number of thiophene rings is 1. The first-order valence-corrected chi connectivity index (χ1v) is 7.79. The number of carbonyl (C=O) groups excluding carboxylic acids is 1. The topological polar surface area (TPSA) is 32.9 Å². The van der Waals surface area contributed by atoms with Crippen LogP contribution in [0.3, 0.4) is 0 Å². The molecule has 1 aromatic carbocycles. The van der Waals surface area contributed by atoms with Gasteiger partial charge in [-0.1, -0.05) is 18.2 Å². The molecule has 2 aromatic heterocycles. The second-order valence-electron chi connectivity index (χ2n) is 5.41. The predicted octanol–water partition coefficient (Wildman–Crippen LogP) is 4.26. The molecule has 3 heteroatoms. The van der Waals surface area contributed by atoms with Crippen LogP contribution in [0.5, 0.6) is 0 Å². The number of fused-ring (bicyclic) bond motifs is 2. The molecular weight excluding hydrogens is 266 g/mol. The molecule has 0 aliphatic heterocycles. The van der Waals surface area contributed by atoms with Gasteiger partial charge >= 0.3 is 0 Å². The van der Waals surface area contributed by atoms with Crippen molar-refractivity contribution < 1.29 is 4.79 Å². The minimum atomic E-state index is 0.166. The van der Waals surface area contributed by atoms with Gasteiger partial charge in [-0.3, -0.25) is 4.79 Å². The van der Waals surface area contributed by atoms with Crippen molar-refractivity contribution in [1.29, 1.82) is 0 Å². The van der Waals surface area contributed by atoms with E-state index in [1.165, 1.54) is 16.9 Å². The Kier molecular flexibility index (Phi) is 2.57. The summed E-state index contributed by atoms with van der Waals surface area (Å²) in [6.07, 6.45) is 3.51. The van der Waals surface area contributed by atoms with Gasteiger partial charge in [0.1, 0.15) is 0 Å². The number of aryl methyl sites for hydroxylation is 3. The summed E-state index contributed by atoms with van der Waals surface area (Å²) in [5.74, 6) is 0.166. The highest BCUT2D eigenvalue weighted by atomic mass is 32.1. The van der Waals surface area contributed by atoms with Gasteiger partial charge in [0.05, 0.1) is 10.4 Å². The van der Waals surface area contributed by atoms with E-state index >= 15 is 0 Å². The van der Waals surface area contributed by atoms with E-state index in [1.54, 1.807) is 11.3 Å². The van der Waals surface area contributed by atoms with Gasteiger partial charge in [0.15, 0.2) is 0 Å². The minimum Gasteiger partial charge on any atom is -0.358 e. The lowest BCUT2D eigenvalue weighted by atomic mass is 10.1. The molecule has 1 N–H and O–H groups in total. The molecule has 20 heavy (non-hydrogen) atoms. The molecule has 0 radical (unpaired) electrons. The van der Waals surface area contributed by atoms with Crippen molar-refractivity contribution in [1.82, 2.24) is 4.98 Å². The summed E-state index contributed by atoms with van der Waals surface area (Å²) >= 11 is 1.68. The molecule has 0 saturated carbocycles. The minimum absolute atomic E-state index is 0.166. The van der Waals surface area contributed by atoms with Crippen LogP contribution in [0.25, 0.3) is 10.9 Å². The predicted molar refractivity (Wildman–Crippen MR) is 82.8 cm³/mol. The van der Waals surface area contributed by atoms with Crippen LogP contribution in [0.1, 0.15) is 37.8 Å². The van der Waals surface area contributed by atoms with Crippen LogP contribution in [0.2, 0.25) is 0 Å². The van der Waals surface area contributed by atoms with Crippen LogP contribution < -0.4 is 0 Å². The smallest absolute Gasteiger partial charge is 0.205 e. The van der Waals surface area contributed by atoms with E-state index in [0.29, 0.717) is 0 Å². The highest BCUT2D eigenvalue weighted by Crippen LogP contribution is 2.33. The average molecular weight is 281 g/mol. The van der Waals surface area contributed by atoms with Crippen molar-refractivity contribution in [2.75, 3.05) is 0 Å². The van der Waals surface area contributed by atoms with Crippen molar-refractivity contribution in [2.24, 2.45) is 0 Å². The van der Waals surface area contributed by atoms with E-state index in [0.717, 1.165) is 39.9 Å². The van der Waals surface area contributed by atoms with Crippen LogP contribution in [-0.2, 0) is 12.8 Å². The molecule has 0 spiro atoms. The first kappa shape index (κ1) is 11.9. The van der Waals surface area contributed by atoms with E-state index in [-0.39, 0.29) is 5.78 Å². The largest absolute Gasteiger partial charge is 0.358 e. The normalized spacial score (nSPS) is 13.8. The second kappa shape index (κ2) is 4.32. The summed E-state index contributed by atoms with van der Waals surface area (Å²) in [5, 5.41) is 1.03. The Labute approximate surface area is 121 Å². The quantitative estimate of drug-likeness (QED) is 0.700. The molecule has 0 amide bonds. The monoisotopic (exact) mass is 281 g/mol. The molecule has 1 aliphatic rings. The maximum Gasteiger partial charge on any atom is 0.205 e. The third kappa shape index (κ3) is 1.66. The van der Waals surface area contributed by atoms with Gasteiger partial charge in [0.25, 0.3) is 0 Å². The van der Waals surface area contributed by atoms with Crippen molar-refractivity contribution in [3.05, 3.63) is 56.9 Å².